The van der Waals surface area contributed by atoms with E-state index in [0.29, 0.717) is 42.7 Å². The van der Waals surface area contributed by atoms with E-state index < -0.39 is 0 Å². The maximum absolute atomic E-state index is 12.7. The third kappa shape index (κ3) is 3.53. The lowest BCUT2D eigenvalue weighted by Gasteiger charge is -2.16. The Bertz CT molecular complexity index is 933. The maximum atomic E-state index is 12.7. The normalized spacial score (nSPS) is 16.7. The average molecular weight is 368 g/mol. The van der Waals surface area contributed by atoms with Crippen molar-refractivity contribution in [1.29, 1.82) is 0 Å². The molecule has 0 N–H and O–H groups in total. The van der Waals surface area contributed by atoms with Crippen LogP contribution >= 0.6 is 0 Å². The van der Waals surface area contributed by atoms with Crippen molar-refractivity contribution in [3.8, 4) is 17.3 Å². The van der Waals surface area contributed by atoms with Crippen molar-refractivity contribution in [2.75, 3.05) is 19.7 Å². The highest BCUT2D eigenvalue weighted by Gasteiger charge is 2.29. The van der Waals surface area contributed by atoms with Crippen LogP contribution in [0.2, 0.25) is 0 Å². The Morgan fingerprint density at radius 3 is 2.85 bits per heavy atom. The van der Waals surface area contributed by atoms with Crippen LogP contribution in [0.1, 0.15) is 35.6 Å². The molecule has 140 valence electrons. The van der Waals surface area contributed by atoms with E-state index in [1.54, 1.807) is 29.9 Å². The van der Waals surface area contributed by atoms with Gasteiger partial charge in [-0.2, -0.15) is 4.98 Å². The smallest absolute Gasteiger partial charge is 0.280 e. The second kappa shape index (κ2) is 7.18. The highest BCUT2D eigenvalue weighted by atomic mass is 16.5. The summed E-state index contributed by atoms with van der Waals surface area (Å²) in [6.07, 6.45) is 2.59. The molecule has 27 heavy (non-hydrogen) atoms. The highest BCUT2D eigenvalue weighted by Crippen LogP contribution is 2.24. The Morgan fingerprint density at radius 2 is 2.15 bits per heavy atom. The van der Waals surface area contributed by atoms with Crippen molar-refractivity contribution in [2.24, 2.45) is 0 Å². The lowest BCUT2D eigenvalue weighted by atomic mass is 10.2. The molecule has 4 rings (SSSR count). The molecular weight excluding hydrogens is 348 g/mol. The molecule has 1 aliphatic heterocycles. The van der Waals surface area contributed by atoms with Crippen LogP contribution < -0.4 is 4.74 Å². The molecule has 0 unspecified atom stereocenters. The van der Waals surface area contributed by atoms with E-state index in [1.165, 1.54) is 0 Å². The first-order chi connectivity index (χ1) is 13.1. The van der Waals surface area contributed by atoms with E-state index in [2.05, 4.69) is 20.5 Å². The fraction of sp³-hybridized carbons (Fsp3) is 0.389. The second-order valence-corrected chi connectivity index (χ2v) is 6.38. The molecule has 0 spiro atoms. The number of carbonyl (C=O) groups excluding carboxylic acids is 1. The topological polar surface area (TPSA) is 99.2 Å². The van der Waals surface area contributed by atoms with Gasteiger partial charge in [0.05, 0.1) is 18.8 Å². The molecule has 9 heteroatoms. The Kier molecular flexibility index (Phi) is 4.57. The number of aromatic nitrogens is 5. The number of nitrogens with zero attached hydrogens (tertiary/aromatic N) is 6. The molecule has 0 aliphatic carbocycles. The second-order valence-electron chi connectivity index (χ2n) is 6.38. The van der Waals surface area contributed by atoms with Crippen molar-refractivity contribution >= 4 is 5.91 Å². The van der Waals surface area contributed by atoms with Crippen LogP contribution in [0.15, 0.2) is 35.0 Å². The van der Waals surface area contributed by atoms with Gasteiger partial charge in [-0.05, 0) is 44.5 Å². The molecule has 0 saturated carbocycles. The number of hydrogen-bond donors (Lipinski definition) is 0. The molecule has 3 heterocycles. The first-order valence-electron chi connectivity index (χ1n) is 8.88. The predicted octanol–water partition coefficient (Wildman–Crippen LogP) is 2.12. The molecule has 2 aromatic heterocycles. The van der Waals surface area contributed by atoms with Gasteiger partial charge < -0.3 is 14.2 Å². The van der Waals surface area contributed by atoms with Crippen molar-refractivity contribution in [1.82, 2.24) is 30.0 Å². The summed E-state index contributed by atoms with van der Waals surface area (Å²) in [5, 5.41) is 12.0. The molecular formula is C18H20N6O3. The quantitative estimate of drug-likeness (QED) is 0.680. The van der Waals surface area contributed by atoms with E-state index in [-0.39, 0.29) is 11.9 Å². The Labute approximate surface area is 155 Å². The SMILES string of the molecule is CCOc1ccc(C(=O)N2CC[C@H](n3cc(-c4nc(C)no4)nn3)C2)cc1. The molecule has 0 bridgehead atoms. The Balaban J connectivity index is 1.42. The van der Waals surface area contributed by atoms with E-state index in [0.717, 1.165) is 12.2 Å². The predicted molar refractivity (Wildman–Crippen MR) is 95.2 cm³/mol. The summed E-state index contributed by atoms with van der Waals surface area (Å²) < 4.78 is 12.3. The van der Waals surface area contributed by atoms with Gasteiger partial charge in [-0.1, -0.05) is 10.4 Å². The number of amides is 1. The third-order valence-corrected chi connectivity index (χ3v) is 4.49. The van der Waals surface area contributed by atoms with Crippen LogP contribution in [0.4, 0.5) is 0 Å². The summed E-state index contributed by atoms with van der Waals surface area (Å²) in [4.78, 5) is 18.7. The molecule has 0 radical (unpaired) electrons. The lowest BCUT2D eigenvalue weighted by Crippen LogP contribution is -2.29. The minimum absolute atomic E-state index is 0.00779. The Morgan fingerprint density at radius 1 is 1.33 bits per heavy atom. The molecule has 1 aliphatic rings. The fourth-order valence-electron chi connectivity index (χ4n) is 3.14. The van der Waals surface area contributed by atoms with E-state index >= 15 is 0 Å². The van der Waals surface area contributed by atoms with Gasteiger partial charge in [0.1, 0.15) is 5.75 Å². The zero-order chi connectivity index (χ0) is 18.8. The average Bonchev–Trinajstić information content (AvgIpc) is 3.42. The van der Waals surface area contributed by atoms with Crippen molar-refractivity contribution < 1.29 is 14.1 Å². The molecule has 1 amide bonds. The van der Waals surface area contributed by atoms with Crippen molar-refractivity contribution in [3.05, 3.63) is 41.9 Å². The molecule has 3 aromatic rings. The molecule has 9 nitrogen and oxygen atoms in total. The van der Waals surface area contributed by atoms with Crippen molar-refractivity contribution in [3.63, 3.8) is 0 Å². The molecule has 1 atom stereocenters. The van der Waals surface area contributed by atoms with Gasteiger partial charge in [-0.15, -0.1) is 5.10 Å². The molecule has 1 saturated heterocycles. The summed E-state index contributed by atoms with van der Waals surface area (Å²) in [6, 6.07) is 7.31. The zero-order valence-corrected chi connectivity index (χ0v) is 15.2. The number of hydrogen-bond acceptors (Lipinski definition) is 7. The van der Waals surface area contributed by atoms with Crippen molar-refractivity contribution in [2.45, 2.75) is 26.3 Å². The lowest BCUT2D eigenvalue weighted by molar-refractivity contribution is 0.0787. The van der Waals surface area contributed by atoms with E-state index in [4.69, 9.17) is 9.26 Å². The van der Waals surface area contributed by atoms with E-state index in [1.807, 2.05) is 24.0 Å². The first-order valence-corrected chi connectivity index (χ1v) is 8.88. The van der Waals surface area contributed by atoms with Gasteiger partial charge in [-0.3, -0.25) is 4.79 Å². The maximum Gasteiger partial charge on any atom is 0.280 e. The van der Waals surface area contributed by atoms with Gasteiger partial charge in [0.2, 0.25) is 0 Å². The summed E-state index contributed by atoms with van der Waals surface area (Å²) >= 11 is 0. The van der Waals surface area contributed by atoms with Crippen LogP contribution in [0.3, 0.4) is 0 Å². The standard InChI is InChI=1S/C18H20N6O3/c1-3-26-15-6-4-13(5-7-15)18(25)23-9-8-14(10-23)24-11-16(20-22-24)17-19-12(2)21-27-17/h4-7,11,14H,3,8-10H2,1-2H3/t14-/m0/s1. The van der Waals surface area contributed by atoms with Crippen LogP contribution in [0, 0.1) is 6.92 Å². The Hall–Kier alpha value is -3.23. The third-order valence-electron chi connectivity index (χ3n) is 4.49. The monoisotopic (exact) mass is 368 g/mol. The fourth-order valence-corrected chi connectivity index (χ4v) is 3.14. The number of carbonyl (C=O) groups is 1. The summed E-state index contributed by atoms with van der Waals surface area (Å²) in [6.45, 7) is 5.53. The number of likely N-dealkylation sites (tertiary alicyclic amines) is 1. The van der Waals surface area contributed by atoms with Gasteiger partial charge in [0, 0.05) is 18.7 Å². The van der Waals surface area contributed by atoms with Gasteiger partial charge >= 0.3 is 0 Å². The van der Waals surface area contributed by atoms with Crippen LogP contribution in [0.25, 0.3) is 11.6 Å². The van der Waals surface area contributed by atoms with Gasteiger partial charge in [-0.25, -0.2) is 4.68 Å². The van der Waals surface area contributed by atoms with Gasteiger partial charge in [0.25, 0.3) is 11.8 Å². The minimum Gasteiger partial charge on any atom is -0.494 e. The largest absolute Gasteiger partial charge is 0.494 e. The van der Waals surface area contributed by atoms with Crippen LogP contribution in [-0.4, -0.2) is 55.6 Å². The van der Waals surface area contributed by atoms with E-state index in [9.17, 15) is 4.79 Å². The van der Waals surface area contributed by atoms with Crippen LogP contribution in [-0.2, 0) is 0 Å². The zero-order valence-electron chi connectivity index (χ0n) is 15.2. The van der Waals surface area contributed by atoms with Crippen LogP contribution in [0.5, 0.6) is 5.75 Å². The summed E-state index contributed by atoms with van der Waals surface area (Å²) in [5.41, 5.74) is 1.19. The highest BCUT2D eigenvalue weighted by molar-refractivity contribution is 5.94. The number of ether oxygens (including phenoxy) is 1. The number of rotatable bonds is 5. The summed E-state index contributed by atoms with van der Waals surface area (Å²) in [5.74, 6) is 1.67. The number of aryl methyl sites for hydroxylation is 1. The summed E-state index contributed by atoms with van der Waals surface area (Å²) in [7, 11) is 0. The molecule has 1 fully saturated rings. The number of benzene rings is 1. The first kappa shape index (κ1) is 17.2. The molecule has 1 aromatic carbocycles. The minimum atomic E-state index is 0.00779. The van der Waals surface area contributed by atoms with Gasteiger partial charge in [0.15, 0.2) is 11.5 Å².